The van der Waals surface area contributed by atoms with Gasteiger partial charge in [-0.25, -0.2) is 8.42 Å². The number of hydrogen-bond donors (Lipinski definition) is 2. The van der Waals surface area contributed by atoms with Crippen LogP contribution in [0.4, 0.5) is 0 Å². The minimum Gasteiger partial charge on any atom is -0.354 e. The summed E-state index contributed by atoms with van der Waals surface area (Å²) in [5, 5.41) is 5.84. The first-order valence-electron chi connectivity index (χ1n) is 8.27. The SMILES string of the molecule is CNC(=O)c1cc(S(=O)(=O)N2CCC(N3CCNCC3)C2)cn1C.Cl. The van der Waals surface area contributed by atoms with Crippen molar-refractivity contribution >= 4 is 28.3 Å². The Morgan fingerprint density at radius 2 is 1.96 bits per heavy atom. The number of aromatic nitrogens is 1. The van der Waals surface area contributed by atoms with E-state index in [1.54, 1.807) is 15.9 Å². The van der Waals surface area contributed by atoms with Crippen LogP contribution < -0.4 is 10.6 Å². The van der Waals surface area contributed by atoms with Crippen molar-refractivity contribution in [3.8, 4) is 0 Å². The van der Waals surface area contributed by atoms with Gasteiger partial charge in [0.15, 0.2) is 0 Å². The average molecular weight is 392 g/mol. The van der Waals surface area contributed by atoms with Gasteiger partial charge in [0, 0.05) is 65.6 Å². The van der Waals surface area contributed by atoms with E-state index in [4.69, 9.17) is 0 Å². The molecule has 1 aromatic rings. The lowest BCUT2D eigenvalue weighted by Crippen LogP contribution is -2.49. The monoisotopic (exact) mass is 391 g/mol. The zero-order valence-corrected chi connectivity index (χ0v) is 16.2. The maximum absolute atomic E-state index is 12.9. The fourth-order valence-corrected chi connectivity index (χ4v) is 5.02. The number of carbonyl (C=O) groups excluding carboxylic acids is 1. The second kappa shape index (κ2) is 8.05. The quantitative estimate of drug-likeness (QED) is 0.721. The highest BCUT2D eigenvalue weighted by Crippen LogP contribution is 2.25. The molecule has 3 heterocycles. The molecular weight excluding hydrogens is 366 g/mol. The fourth-order valence-electron chi connectivity index (χ4n) is 3.45. The van der Waals surface area contributed by atoms with Gasteiger partial charge in [0.25, 0.3) is 5.91 Å². The van der Waals surface area contributed by atoms with Crippen LogP contribution in [-0.2, 0) is 17.1 Å². The standard InChI is InChI=1S/C15H25N5O3S.ClH/c1-16-15(21)14-9-13(11-18(14)2)24(22,23)20-6-3-12(10-20)19-7-4-17-5-8-19;/h9,11-12,17H,3-8,10H2,1-2H3,(H,16,21);1H. The van der Waals surface area contributed by atoms with Gasteiger partial charge >= 0.3 is 0 Å². The molecule has 25 heavy (non-hydrogen) atoms. The number of rotatable bonds is 4. The average Bonchev–Trinajstić information content (AvgIpc) is 3.22. The van der Waals surface area contributed by atoms with Crippen molar-refractivity contribution in [3.63, 3.8) is 0 Å². The van der Waals surface area contributed by atoms with Gasteiger partial charge in [0.1, 0.15) is 10.6 Å². The Morgan fingerprint density at radius 1 is 1.28 bits per heavy atom. The van der Waals surface area contributed by atoms with Crippen LogP contribution in [0.5, 0.6) is 0 Å². The number of amides is 1. The van der Waals surface area contributed by atoms with Crippen molar-refractivity contribution < 1.29 is 13.2 Å². The normalized spacial score (nSPS) is 22.6. The smallest absolute Gasteiger partial charge is 0.267 e. The van der Waals surface area contributed by atoms with Crippen molar-refractivity contribution in [1.82, 2.24) is 24.4 Å². The molecule has 1 amide bonds. The van der Waals surface area contributed by atoms with E-state index in [-0.39, 0.29) is 29.3 Å². The maximum atomic E-state index is 12.9. The third-order valence-electron chi connectivity index (χ3n) is 4.87. The molecule has 0 saturated carbocycles. The van der Waals surface area contributed by atoms with Crippen molar-refractivity contribution in [2.45, 2.75) is 17.4 Å². The first-order valence-corrected chi connectivity index (χ1v) is 9.71. The van der Waals surface area contributed by atoms with E-state index < -0.39 is 10.0 Å². The van der Waals surface area contributed by atoms with Gasteiger partial charge in [-0.15, -0.1) is 12.4 Å². The number of carbonyl (C=O) groups is 1. The second-order valence-electron chi connectivity index (χ2n) is 6.34. The van der Waals surface area contributed by atoms with Crippen LogP contribution in [0.15, 0.2) is 17.2 Å². The molecular formula is C15H26ClN5O3S. The van der Waals surface area contributed by atoms with E-state index in [1.165, 1.54) is 19.3 Å². The first kappa shape index (κ1) is 20.2. The van der Waals surface area contributed by atoms with Gasteiger partial charge in [-0.1, -0.05) is 0 Å². The number of nitrogens with zero attached hydrogens (tertiary/aromatic N) is 3. The van der Waals surface area contributed by atoms with E-state index in [2.05, 4.69) is 15.5 Å². The van der Waals surface area contributed by atoms with Crippen LogP contribution in [0.3, 0.4) is 0 Å². The summed E-state index contributed by atoms with van der Waals surface area (Å²) in [6, 6.07) is 1.73. The Kier molecular flexibility index (Phi) is 6.50. The highest BCUT2D eigenvalue weighted by Gasteiger charge is 2.36. The van der Waals surface area contributed by atoms with E-state index in [0.717, 1.165) is 32.6 Å². The molecule has 2 N–H and O–H groups in total. The Bertz CT molecular complexity index is 715. The van der Waals surface area contributed by atoms with E-state index in [1.807, 2.05) is 0 Å². The van der Waals surface area contributed by atoms with Gasteiger partial charge in [-0.3, -0.25) is 9.69 Å². The third kappa shape index (κ3) is 4.01. The molecule has 0 bridgehead atoms. The molecule has 0 aromatic carbocycles. The van der Waals surface area contributed by atoms with Crippen LogP contribution in [0.25, 0.3) is 0 Å². The molecule has 1 atom stereocenters. The van der Waals surface area contributed by atoms with Crippen LogP contribution >= 0.6 is 12.4 Å². The number of aryl methyl sites for hydroxylation is 1. The van der Waals surface area contributed by atoms with Crippen molar-refractivity contribution in [2.24, 2.45) is 7.05 Å². The van der Waals surface area contributed by atoms with Crippen LogP contribution in [0.2, 0.25) is 0 Å². The second-order valence-corrected chi connectivity index (χ2v) is 8.28. The lowest BCUT2D eigenvalue weighted by atomic mass is 10.2. The molecule has 2 aliphatic rings. The van der Waals surface area contributed by atoms with Crippen molar-refractivity contribution in [3.05, 3.63) is 18.0 Å². The van der Waals surface area contributed by atoms with Gasteiger partial charge in [-0.05, 0) is 12.5 Å². The number of sulfonamides is 1. The predicted octanol–water partition coefficient (Wildman–Crippen LogP) is -0.525. The van der Waals surface area contributed by atoms with Crippen molar-refractivity contribution in [2.75, 3.05) is 46.3 Å². The van der Waals surface area contributed by atoms with Crippen LogP contribution in [-0.4, -0.2) is 80.5 Å². The van der Waals surface area contributed by atoms with Gasteiger partial charge in [-0.2, -0.15) is 4.31 Å². The summed E-state index contributed by atoms with van der Waals surface area (Å²) in [5.74, 6) is -0.293. The molecule has 0 radical (unpaired) electrons. The summed E-state index contributed by atoms with van der Waals surface area (Å²) in [7, 11) is -0.356. The molecule has 2 aliphatic heterocycles. The van der Waals surface area contributed by atoms with Crippen LogP contribution in [0, 0.1) is 0 Å². The molecule has 2 saturated heterocycles. The Morgan fingerprint density at radius 3 is 2.60 bits per heavy atom. The van der Waals surface area contributed by atoms with Crippen molar-refractivity contribution in [1.29, 1.82) is 0 Å². The lowest BCUT2D eigenvalue weighted by molar-refractivity contribution is 0.0955. The van der Waals surface area contributed by atoms with E-state index >= 15 is 0 Å². The molecule has 1 unspecified atom stereocenters. The number of nitrogens with one attached hydrogen (secondary N) is 2. The molecule has 1 aromatic heterocycles. The summed E-state index contributed by atoms with van der Waals surface area (Å²) in [6.07, 6.45) is 2.37. The minimum absolute atomic E-state index is 0. The largest absolute Gasteiger partial charge is 0.354 e. The number of hydrogen-bond acceptors (Lipinski definition) is 5. The molecule has 142 valence electrons. The minimum atomic E-state index is -3.56. The number of piperazine rings is 1. The zero-order valence-electron chi connectivity index (χ0n) is 14.6. The van der Waals surface area contributed by atoms with Gasteiger partial charge < -0.3 is 15.2 Å². The van der Waals surface area contributed by atoms with E-state index in [9.17, 15) is 13.2 Å². The lowest BCUT2D eigenvalue weighted by Gasteiger charge is -2.32. The molecule has 10 heteroatoms. The summed E-state index contributed by atoms with van der Waals surface area (Å²) in [6.45, 7) is 4.89. The van der Waals surface area contributed by atoms with Crippen LogP contribution in [0.1, 0.15) is 16.9 Å². The molecule has 8 nitrogen and oxygen atoms in total. The Hall–Kier alpha value is -1.13. The Balaban J connectivity index is 0.00000225. The first-order chi connectivity index (χ1) is 11.4. The molecule has 2 fully saturated rings. The molecule has 0 aliphatic carbocycles. The number of halogens is 1. The van der Waals surface area contributed by atoms with E-state index in [0.29, 0.717) is 18.8 Å². The zero-order chi connectivity index (χ0) is 17.3. The summed E-state index contributed by atoms with van der Waals surface area (Å²) >= 11 is 0. The fraction of sp³-hybridized carbons (Fsp3) is 0.667. The summed E-state index contributed by atoms with van der Waals surface area (Å²) < 4.78 is 28.9. The third-order valence-corrected chi connectivity index (χ3v) is 6.70. The predicted molar refractivity (Wildman–Crippen MR) is 97.7 cm³/mol. The van der Waals surface area contributed by atoms with Gasteiger partial charge in [0.2, 0.25) is 10.0 Å². The maximum Gasteiger partial charge on any atom is 0.267 e. The highest BCUT2D eigenvalue weighted by molar-refractivity contribution is 7.89. The topological polar surface area (TPSA) is 86.7 Å². The molecule has 3 rings (SSSR count). The summed E-state index contributed by atoms with van der Waals surface area (Å²) in [5.41, 5.74) is 0.342. The summed E-state index contributed by atoms with van der Waals surface area (Å²) in [4.78, 5) is 14.4. The molecule has 0 spiro atoms. The Labute approximate surface area is 155 Å². The van der Waals surface area contributed by atoms with Gasteiger partial charge in [0.05, 0.1) is 0 Å². The highest BCUT2D eigenvalue weighted by atomic mass is 35.5.